The van der Waals surface area contributed by atoms with E-state index in [4.69, 9.17) is 5.73 Å². The van der Waals surface area contributed by atoms with Crippen LogP contribution >= 0.6 is 0 Å². The van der Waals surface area contributed by atoms with Gasteiger partial charge in [0.05, 0.1) is 12.2 Å². The highest BCUT2D eigenvalue weighted by Gasteiger charge is 2.13. The van der Waals surface area contributed by atoms with Crippen LogP contribution in [0.2, 0.25) is 0 Å². The Morgan fingerprint density at radius 1 is 1.40 bits per heavy atom. The topological polar surface area (TPSA) is 71.6 Å². The van der Waals surface area contributed by atoms with Gasteiger partial charge in [-0.1, -0.05) is 0 Å². The molecular weight excluding hydrogens is 192 g/mol. The van der Waals surface area contributed by atoms with Crippen molar-refractivity contribution in [2.75, 3.05) is 11.6 Å². The first kappa shape index (κ1) is 9.39. The SMILES string of the molecule is NC(=O)C1=CC=NN(c2ccncc2)C1. The van der Waals surface area contributed by atoms with Crippen LogP contribution in [0.3, 0.4) is 0 Å². The summed E-state index contributed by atoms with van der Waals surface area (Å²) in [5, 5.41) is 5.82. The van der Waals surface area contributed by atoms with Crippen molar-refractivity contribution in [2.45, 2.75) is 0 Å². The Balaban J connectivity index is 2.19. The smallest absolute Gasteiger partial charge is 0.246 e. The largest absolute Gasteiger partial charge is 0.366 e. The lowest BCUT2D eigenvalue weighted by atomic mass is 10.2. The molecule has 1 aromatic heterocycles. The zero-order valence-corrected chi connectivity index (χ0v) is 8.00. The highest BCUT2D eigenvalue weighted by atomic mass is 16.1. The number of primary amides is 1. The monoisotopic (exact) mass is 202 g/mol. The first-order valence-corrected chi connectivity index (χ1v) is 4.48. The molecule has 2 rings (SSSR count). The summed E-state index contributed by atoms with van der Waals surface area (Å²) in [6.07, 6.45) is 6.53. The summed E-state index contributed by atoms with van der Waals surface area (Å²) in [4.78, 5) is 14.9. The molecule has 1 aliphatic heterocycles. The van der Waals surface area contributed by atoms with Gasteiger partial charge in [-0.3, -0.25) is 14.8 Å². The molecule has 5 nitrogen and oxygen atoms in total. The van der Waals surface area contributed by atoms with E-state index in [1.807, 2.05) is 12.1 Å². The van der Waals surface area contributed by atoms with Gasteiger partial charge in [-0.25, -0.2) is 0 Å². The minimum absolute atomic E-state index is 0.399. The van der Waals surface area contributed by atoms with Gasteiger partial charge < -0.3 is 5.73 Å². The fourth-order valence-corrected chi connectivity index (χ4v) is 1.29. The highest BCUT2D eigenvalue weighted by molar-refractivity contribution is 5.98. The molecule has 2 N–H and O–H groups in total. The molecule has 0 fully saturated rings. The summed E-state index contributed by atoms with van der Waals surface area (Å²) in [5.41, 5.74) is 6.63. The van der Waals surface area contributed by atoms with Crippen molar-refractivity contribution in [2.24, 2.45) is 10.8 Å². The van der Waals surface area contributed by atoms with Crippen molar-refractivity contribution < 1.29 is 4.79 Å². The van der Waals surface area contributed by atoms with E-state index in [1.165, 1.54) is 0 Å². The second kappa shape index (κ2) is 3.91. The number of aromatic nitrogens is 1. The van der Waals surface area contributed by atoms with Crippen molar-refractivity contribution in [1.29, 1.82) is 0 Å². The Bertz CT molecular complexity index is 424. The standard InChI is InChI=1S/C10H10N4O/c11-10(15)8-1-6-13-14(7-8)9-2-4-12-5-3-9/h1-6H,7H2,(H2,11,15). The van der Waals surface area contributed by atoms with Gasteiger partial charge >= 0.3 is 0 Å². The van der Waals surface area contributed by atoms with E-state index >= 15 is 0 Å². The van der Waals surface area contributed by atoms with E-state index < -0.39 is 5.91 Å². The van der Waals surface area contributed by atoms with Crippen LogP contribution in [-0.2, 0) is 4.79 Å². The quantitative estimate of drug-likeness (QED) is 0.749. The summed E-state index contributed by atoms with van der Waals surface area (Å²) >= 11 is 0. The lowest BCUT2D eigenvalue weighted by Crippen LogP contribution is -2.29. The average molecular weight is 202 g/mol. The van der Waals surface area contributed by atoms with Crippen LogP contribution in [0.15, 0.2) is 41.3 Å². The van der Waals surface area contributed by atoms with E-state index in [0.29, 0.717) is 12.1 Å². The van der Waals surface area contributed by atoms with Gasteiger partial charge in [-0.2, -0.15) is 5.10 Å². The van der Waals surface area contributed by atoms with Crippen LogP contribution < -0.4 is 10.7 Å². The number of carbonyl (C=O) groups excluding carboxylic acids is 1. The number of anilines is 1. The van der Waals surface area contributed by atoms with Gasteiger partial charge in [0, 0.05) is 24.2 Å². The third-order valence-electron chi connectivity index (χ3n) is 2.08. The van der Waals surface area contributed by atoms with Crippen LogP contribution in [0.5, 0.6) is 0 Å². The summed E-state index contributed by atoms with van der Waals surface area (Å²) in [6.45, 7) is 0.399. The minimum Gasteiger partial charge on any atom is -0.366 e. The minimum atomic E-state index is -0.416. The first-order valence-electron chi connectivity index (χ1n) is 4.48. The Labute approximate surface area is 86.9 Å². The molecule has 5 heteroatoms. The Hall–Kier alpha value is -2.17. The van der Waals surface area contributed by atoms with Gasteiger partial charge in [0.2, 0.25) is 5.91 Å². The lowest BCUT2D eigenvalue weighted by Gasteiger charge is -2.21. The molecule has 0 aliphatic carbocycles. The zero-order chi connectivity index (χ0) is 10.7. The van der Waals surface area contributed by atoms with Crippen LogP contribution in [0.25, 0.3) is 0 Å². The number of nitrogens with zero attached hydrogens (tertiary/aromatic N) is 3. The fourth-order valence-electron chi connectivity index (χ4n) is 1.29. The third kappa shape index (κ3) is 2.01. The van der Waals surface area contributed by atoms with Crippen molar-refractivity contribution in [3.05, 3.63) is 36.2 Å². The number of hydrogen-bond acceptors (Lipinski definition) is 4. The maximum absolute atomic E-state index is 11.0. The number of nitrogens with two attached hydrogens (primary N) is 1. The summed E-state index contributed by atoms with van der Waals surface area (Å²) < 4.78 is 0. The molecule has 1 aliphatic rings. The van der Waals surface area contributed by atoms with Crippen molar-refractivity contribution in [3.8, 4) is 0 Å². The number of hydrogen-bond donors (Lipinski definition) is 1. The van der Waals surface area contributed by atoms with E-state index in [0.717, 1.165) is 5.69 Å². The summed E-state index contributed by atoms with van der Waals surface area (Å²) in [5.74, 6) is -0.416. The van der Waals surface area contributed by atoms with Crippen molar-refractivity contribution >= 4 is 17.8 Å². The van der Waals surface area contributed by atoms with Gasteiger partial charge in [-0.05, 0) is 18.2 Å². The molecule has 15 heavy (non-hydrogen) atoms. The second-order valence-corrected chi connectivity index (χ2v) is 3.08. The number of carbonyl (C=O) groups is 1. The average Bonchev–Trinajstić information content (AvgIpc) is 2.30. The van der Waals surface area contributed by atoms with Crippen LogP contribution in [0.1, 0.15) is 0 Å². The fraction of sp³-hybridized carbons (Fsp3) is 0.100. The number of hydrazone groups is 1. The molecular formula is C10H10N4O. The number of rotatable bonds is 2. The molecule has 0 atom stereocenters. The Kier molecular flexibility index (Phi) is 2.45. The van der Waals surface area contributed by atoms with Gasteiger partial charge in [0.1, 0.15) is 0 Å². The van der Waals surface area contributed by atoms with E-state index in [2.05, 4.69) is 10.1 Å². The zero-order valence-electron chi connectivity index (χ0n) is 8.00. The molecule has 76 valence electrons. The Morgan fingerprint density at radius 2 is 2.13 bits per heavy atom. The molecule has 0 spiro atoms. The molecule has 0 saturated heterocycles. The number of allylic oxidation sites excluding steroid dienone is 1. The molecule has 0 aromatic carbocycles. The third-order valence-corrected chi connectivity index (χ3v) is 2.08. The summed E-state index contributed by atoms with van der Waals surface area (Å²) in [6, 6.07) is 3.64. The number of amides is 1. The molecule has 0 saturated carbocycles. The van der Waals surface area contributed by atoms with Crippen LogP contribution in [0.4, 0.5) is 5.69 Å². The molecule has 0 radical (unpaired) electrons. The molecule has 1 aromatic rings. The number of pyridine rings is 1. The second-order valence-electron chi connectivity index (χ2n) is 3.08. The predicted molar refractivity (Wildman–Crippen MR) is 57.4 cm³/mol. The molecule has 0 bridgehead atoms. The van der Waals surface area contributed by atoms with E-state index in [-0.39, 0.29) is 0 Å². The van der Waals surface area contributed by atoms with Crippen LogP contribution in [0, 0.1) is 0 Å². The van der Waals surface area contributed by atoms with Gasteiger partial charge in [-0.15, -0.1) is 0 Å². The summed E-state index contributed by atoms with van der Waals surface area (Å²) in [7, 11) is 0. The normalized spacial score (nSPS) is 14.9. The van der Waals surface area contributed by atoms with Gasteiger partial charge in [0.15, 0.2) is 0 Å². The molecule has 0 unspecified atom stereocenters. The Morgan fingerprint density at radius 3 is 2.80 bits per heavy atom. The van der Waals surface area contributed by atoms with Crippen molar-refractivity contribution in [1.82, 2.24) is 4.98 Å². The van der Waals surface area contributed by atoms with Crippen LogP contribution in [-0.4, -0.2) is 23.7 Å². The van der Waals surface area contributed by atoms with Crippen molar-refractivity contribution in [3.63, 3.8) is 0 Å². The van der Waals surface area contributed by atoms with E-state index in [9.17, 15) is 4.79 Å². The molecule has 1 amide bonds. The van der Waals surface area contributed by atoms with Gasteiger partial charge in [0.25, 0.3) is 0 Å². The lowest BCUT2D eigenvalue weighted by molar-refractivity contribution is -0.114. The molecule has 2 heterocycles. The maximum Gasteiger partial charge on any atom is 0.246 e. The predicted octanol–water partition coefficient (Wildman–Crippen LogP) is 0.299. The highest BCUT2D eigenvalue weighted by Crippen LogP contribution is 2.16. The maximum atomic E-state index is 11.0. The first-order chi connectivity index (χ1) is 7.27. The van der Waals surface area contributed by atoms with E-state index in [1.54, 1.807) is 29.7 Å².